The number of carbonyl (C=O) groups excluding carboxylic acids is 2. The Morgan fingerprint density at radius 3 is 2.12 bits per heavy atom. The molecular weight excluding hydrogens is 328 g/mol. The quantitative estimate of drug-likeness (QED) is 0.565. The average molecular weight is 362 g/mol. The summed E-state index contributed by atoms with van der Waals surface area (Å²) in [5.74, 6) is -0.359. The molecular formula is C21H33N2O3+. The van der Waals surface area contributed by atoms with Crippen molar-refractivity contribution in [1.82, 2.24) is 0 Å². The molecule has 2 rings (SSSR count). The molecule has 0 spiro atoms. The summed E-state index contributed by atoms with van der Waals surface area (Å²) in [7, 11) is 0. The summed E-state index contributed by atoms with van der Waals surface area (Å²) in [4.78, 5) is 25.7. The van der Waals surface area contributed by atoms with Crippen LogP contribution in [0.5, 0.6) is 0 Å². The maximum Gasteiger partial charge on any atom is 0.340 e. The van der Waals surface area contributed by atoms with Gasteiger partial charge in [0.15, 0.2) is 5.54 Å². The number of benzene rings is 1. The van der Waals surface area contributed by atoms with Gasteiger partial charge in [0.25, 0.3) is 5.91 Å². The Bertz CT molecular complexity index is 680. The standard InChI is InChI=1S/C21H32N2O3/c1-7-23(8-2,9-3)21(11-12-21)20(25)22-18-16(6)13-15(5)14-17(18)19(24)26-10-4/h13-14H,7-12H2,1-6H3/p+1. The number of carbonyl (C=O) groups is 2. The number of quaternary nitrogens is 1. The van der Waals surface area contributed by atoms with E-state index in [1.54, 1.807) is 13.0 Å². The van der Waals surface area contributed by atoms with Crippen molar-refractivity contribution in [2.45, 2.75) is 59.9 Å². The van der Waals surface area contributed by atoms with Crippen molar-refractivity contribution in [1.29, 1.82) is 0 Å². The third-order valence-corrected chi connectivity index (χ3v) is 6.08. The molecule has 0 radical (unpaired) electrons. The third kappa shape index (κ3) is 3.37. The van der Waals surface area contributed by atoms with Crippen LogP contribution in [0.4, 0.5) is 5.69 Å². The highest BCUT2D eigenvalue weighted by Gasteiger charge is 2.64. The number of aryl methyl sites for hydroxylation is 2. The smallest absolute Gasteiger partial charge is 0.340 e. The highest BCUT2D eigenvalue weighted by Crippen LogP contribution is 2.48. The molecule has 5 heteroatoms. The highest BCUT2D eigenvalue weighted by atomic mass is 16.5. The Morgan fingerprint density at radius 2 is 1.65 bits per heavy atom. The van der Waals surface area contributed by atoms with Crippen LogP contribution in [0.2, 0.25) is 0 Å². The van der Waals surface area contributed by atoms with Gasteiger partial charge >= 0.3 is 5.97 Å². The number of ether oxygens (including phenoxy) is 1. The van der Waals surface area contributed by atoms with Crippen LogP contribution in [-0.4, -0.2) is 48.1 Å². The maximum atomic E-state index is 13.3. The summed E-state index contributed by atoms with van der Waals surface area (Å²) in [6.07, 6.45) is 1.79. The topological polar surface area (TPSA) is 55.4 Å². The fourth-order valence-electron chi connectivity index (χ4n) is 4.35. The molecule has 0 saturated heterocycles. The van der Waals surface area contributed by atoms with E-state index in [0.717, 1.165) is 48.1 Å². The zero-order valence-corrected chi connectivity index (χ0v) is 17.1. The lowest BCUT2D eigenvalue weighted by Gasteiger charge is -2.43. The van der Waals surface area contributed by atoms with Gasteiger partial charge in [-0.05, 0) is 58.7 Å². The SMILES string of the molecule is CCOC(=O)c1cc(C)cc(C)c1NC(=O)C1([N+](CC)(CC)CC)CC1. The molecule has 0 heterocycles. The van der Waals surface area contributed by atoms with E-state index in [9.17, 15) is 9.59 Å². The lowest BCUT2D eigenvalue weighted by atomic mass is 10.0. The first-order valence-corrected chi connectivity index (χ1v) is 9.76. The second-order valence-corrected chi connectivity index (χ2v) is 7.30. The van der Waals surface area contributed by atoms with E-state index in [1.807, 2.05) is 19.9 Å². The third-order valence-electron chi connectivity index (χ3n) is 6.08. The molecule has 144 valence electrons. The van der Waals surface area contributed by atoms with Crippen molar-refractivity contribution in [3.8, 4) is 0 Å². The van der Waals surface area contributed by atoms with Gasteiger partial charge < -0.3 is 14.5 Å². The minimum Gasteiger partial charge on any atom is -0.462 e. The number of anilines is 1. The molecule has 1 saturated carbocycles. The molecule has 0 bridgehead atoms. The molecule has 5 nitrogen and oxygen atoms in total. The molecule has 0 atom stereocenters. The maximum absolute atomic E-state index is 13.3. The molecule has 0 aromatic heterocycles. The monoisotopic (exact) mass is 361 g/mol. The molecule has 1 fully saturated rings. The minimum absolute atomic E-state index is 0.0283. The van der Waals surface area contributed by atoms with Gasteiger partial charge in [-0.25, -0.2) is 4.79 Å². The van der Waals surface area contributed by atoms with E-state index in [2.05, 4.69) is 26.1 Å². The fourth-order valence-corrected chi connectivity index (χ4v) is 4.35. The van der Waals surface area contributed by atoms with Crippen molar-refractivity contribution in [2.24, 2.45) is 0 Å². The molecule has 1 aliphatic carbocycles. The van der Waals surface area contributed by atoms with Crippen molar-refractivity contribution >= 4 is 17.6 Å². The fraction of sp³-hybridized carbons (Fsp3) is 0.619. The summed E-state index contributed by atoms with van der Waals surface area (Å²) in [6.45, 7) is 15.2. The number of likely N-dealkylation sites (N-methyl/N-ethyl adjacent to an activating group) is 1. The van der Waals surface area contributed by atoms with Gasteiger partial charge in [-0.1, -0.05) is 6.07 Å². The summed E-state index contributed by atoms with van der Waals surface area (Å²) in [6, 6.07) is 3.78. The second-order valence-electron chi connectivity index (χ2n) is 7.30. The second kappa shape index (κ2) is 7.78. The van der Waals surface area contributed by atoms with Crippen molar-refractivity contribution in [3.05, 3.63) is 28.8 Å². The minimum atomic E-state index is -0.387. The zero-order valence-electron chi connectivity index (χ0n) is 17.1. The molecule has 1 N–H and O–H groups in total. The summed E-state index contributed by atoms with van der Waals surface area (Å²) < 4.78 is 5.99. The van der Waals surface area contributed by atoms with Crippen LogP contribution in [0.15, 0.2) is 12.1 Å². The van der Waals surface area contributed by atoms with Crippen LogP contribution in [0, 0.1) is 13.8 Å². The number of amides is 1. The van der Waals surface area contributed by atoms with Crippen molar-refractivity contribution in [2.75, 3.05) is 31.6 Å². The van der Waals surface area contributed by atoms with Gasteiger partial charge in [-0.3, -0.25) is 4.79 Å². The molecule has 26 heavy (non-hydrogen) atoms. The van der Waals surface area contributed by atoms with Gasteiger partial charge in [0.1, 0.15) is 0 Å². The van der Waals surface area contributed by atoms with E-state index in [4.69, 9.17) is 4.74 Å². The van der Waals surface area contributed by atoms with Crippen LogP contribution < -0.4 is 5.32 Å². The summed E-state index contributed by atoms with van der Waals surface area (Å²) >= 11 is 0. The van der Waals surface area contributed by atoms with Gasteiger partial charge in [-0.15, -0.1) is 0 Å². The number of nitrogens with one attached hydrogen (secondary N) is 1. The summed E-state index contributed by atoms with van der Waals surface area (Å²) in [5, 5.41) is 3.10. The number of rotatable bonds is 8. The van der Waals surface area contributed by atoms with Crippen LogP contribution >= 0.6 is 0 Å². The first-order chi connectivity index (χ1) is 12.3. The van der Waals surface area contributed by atoms with E-state index in [1.165, 1.54) is 0 Å². The first kappa shape index (κ1) is 20.4. The van der Waals surface area contributed by atoms with E-state index in [0.29, 0.717) is 17.9 Å². The normalized spacial score (nSPS) is 15.5. The predicted molar refractivity (Wildman–Crippen MR) is 104 cm³/mol. The average Bonchev–Trinajstić information content (AvgIpc) is 3.41. The van der Waals surface area contributed by atoms with Crippen molar-refractivity contribution in [3.63, 3.8) is 0 Å². The molecule has 1 aliphatic rings. The Labute approximate surface area is 157 Å². The van der Waals surface area contributed by atoms with E-state index >= 15 is 0 Å². The predicted octanol–water partition coefficient (Wildman–Crippen LogP) is 3.83. The largest absolute Gasteiger partial charge is 0.462 e. The van der Waals surface area contributed by atoms with E-state index < -0.39 is 0 Å². The Hall–Kier alpha value is -1.88. The van der Waals surface area contributed by atoms with Crippen LogP contribution in [0.25, 0.3) is 0 Å². The first-order valence-electron chi connectivity index (χ1n) is 9.76. The Balaban J connectivity index is 2.39. The molecule has 0 unspecified atom stereocenters. The van der Waals surface area contributed by atoms with Crippen LogP contribution in [0.1, 0.15) is 62.0 Å². The Morgan fingerprint density at radius 1 is 1.08 bits per heavy atom. The molecule has 1 aromatic rings. The number of hydrogen-bond donors (Lipinski definition) is 1. The van der Waals surface area contributed by atoms with Crippen LogP contribution in [0.3, 0.4) is 0 Å². The van der Waals surface area contributed by atoms with E-state index in [-0.39, 0.29) is 17.4 Å². The van der Waals surface area contributed by atoms with Gasteiger partial charge in [0.2, 0.25) is 0 Å². The molecule has 1 aromatic carbocycles. The van der Waals surface area contributed by atoms with Crippen molar-refractivity contribution < 1.29 is 18.8 Å². The highest BCUT2D eigenvalue weighted by molar-refractivity contribution is 6.05. The molecule has 1 amide bonds. The van der Waals surface area contributed by atoms with Crippen LogP contribution in [-0.2, 0) is 9.53 Å². The molecule has 0 aliphatic heterocycles. The van der Waals surface area contributed by atoms with Gasteiger partial charge in [0, 0.05) is 12.8 Å². The lowest BCUT2D eigenvalue weighted by molar-refractivity contribution is -0.947. The Kier molecular flexibility index (Phi) is 6.12. The number of hydrogen-bond acceptors (Lipinski definition) is 3. The van der Waals surface area contributed by atoms with Gasteiger partial charge in [-0.2, -0.15) is 0 Å². The summed E-state index contributed by atoms with van der Waals surface area (Å²) in [5.41, 5.74) is 2.52. The number of esters is 1. The van der Waals surface area contributed by atoms with Gasteiger partial charge in [0.05, 0.1) is 37.5 Å². The number of nitrogens with zero attached hydrogens (tertiary/aromatic N) is 1. The lowest BCUT2D eigenvalue weighted by Crippen LogP contribution is -2.61. The zero-order chi connectivity index (χ0) is 19.5.